The van der Waals surface area contributed by atoms with E-state index in [1.807, 2.05) is 6.92 Å². The first-order valence-corrected chi connectivity index (χ1v) is 6.60. The molecule has 0 saturated heterocycles. The molecule has 1 heterocycles. The predicted molar refractivity (Wildman–Crippen MR) is 76.2 cm³/mol. The zero-order valence-corrected chi connectivity index (χ0v) is 11.7. The number of carbonyl (C=O) groups excluding carboxylic acids is 1. The van der Waals surface area contributed by atoms with Crippen molar-refractivity contribution in [3.8, 4) is 0 Å². The Kier molecular flexibility index (Phi) is 4.15. The quantitative estimate of drug-likeness (QED) is 0.789. The van der Waals surface area contributed by atoms with E-state index in [4.69, 9.17) is 4.74 Å². The Hall–Kier alpha value is -1.90. The van der Waals surface area contributed by atoms with Gasteiger partial charge in [0.25, 0.3) is 0 Å². The van der Waals surface area contributed by atoms with Crippen molar-refractivity contribution in [1.82, 2.24) is 4.98 Å². The molecule has 0 amide bonds. The lowest BCUT2D eigenvalue weighted by molar-refractivity contribution is -0.140. The Morgan fingerprint density at radius 1 is 1.32 bits per heavy atom. The molecule has 0 aliphatic heterocycles. The highest BCUT2D eigenvalue weighted by Gasteiger charge is 2.08. The fourth-order valence-corrected chi connectivity index (χ4v) is 2.26. The summed E-state index contributed by atoms with van der Waals surface area (Å²) in [5.41, 5.74) is 4.44. The molecule has 0 unspecified atom stereocenters. The number of benzene rings is 1. The molecule has 0 spiro atoms. The molecule has 0 saturated carbocycles. The van der Waals surface area contributed by atoms with E-state index in [0.29, 0.717) is 12.8 Å². The fourth-order valence-electron chi connectivity index (χ4n) is 2.26. The summed E-state index contributed by atoms with van der Waals surface area (Å²) in [6, 6.07) is 8.40. The zero-order valence-electron chi connectivity index (χ0n) is 11.7. The first-order valence-electron chi connectivity index (χ1n) is 6.60. The van der Waals surface area contributed by atoms with Crippen LogP contribution in [-0.4, -0.2) is 18.1 Å². The second-order valence-corrected chi connectivity index (χ2v) is 4.70. The molecule has 2 rings (SSSR count). The first kappa shape index (κ1) is 13.5. The number of ether oxygens (including phenoxy) is 1. The molecule has 1 aromatic heterocycles. The Morgan fingerprint density at radius 3 is 2.79 bits per heavy atom. The molecule has 3 nitrogen and oxygen atoms in total. The van der Waals surface area contributed by atoms with Crippen molar-refractivity contribution < 1.29 is 9.53 Å². The molecule has 1 aromatic carbocycles. The summed E-state index contributed by atoms with van der Waals surface area (Å²) in [6.45, 7) is 4.12. The van der Waals surface area contributed by atoms with Gasteiger partial charge in [-0.25, -0.2) is 0 Å². The first-order chi connectivity index (χ1) is 9.13. The van der Waals surface area contributed by atoms with Gasteiger partial charge >= 0.3 is 5.97 Å². The standard InChI is InChI=1S/C16H19NO2/c1-4-12-5-7-15-14(10-12)13(9-11(2)17-15)6-8-16(18)19-3/h5,7,9-10H,4,6,8H2,1-3H3. The summed E-state index contributed by atoms with van der Waals surface area (Å²) in [5, 5.41) is 1.15. The van der Waals surface area contributed by atoms with Crippen molar-refractivity contribution in [3.05, 3.63) is 41.1 Å². The van der Waals surface area contributed by atoms with Crippen molar-refractivity contribution in [2.75, 3.05) is 7.11 Å². The lowest BCUT2D eigenvalue weighted by atomic mass is 10.0. The number of methoxy groups -OCH3 is 1. The second-order valence-electron chi connectivity index (χ2n) is 4.70. The highest BCUT2D eigenvalue weighted by molar-refractivity contribution is 5.83. The maximum Gasteiger partial charge on any atom is 0.305 e. The van der Waals surface area contributed by atoms with Gasteiger partial charge in [0.15, 0.2) is 0 Å². The Bertz CT molecular complexity index is 605. The van der Waals surface area contributed by atoms with Crippen molar-refractivity contribution in [2.24, 2.45) is 0 Å². The SMILES string of the molecule is CCc1ccc2nc(C)cc(CCC(=O)OC)c2c1. The van der Waals surface area contributed by atoms with E-state index in [1.54, 1.807) is 0 Å². The molecular formula is C16H19NO2. The van der Waals surface area contributed by atoms with Gasteiger partial charge in [-0.05, 0) is 49.1 Å². The van der Waals surface area contributed by atoms with Crippen molar-refractivity contribution in [3.63, 3.8) is 0 Å². The molecule has 2 aromatic rings. The summed E-state index contributed by atoms with van der Waals surface area (Å²) >= 11 is 0. The number of carbonyl (C=O) groups is 1. The van der Waals surface area contributed by atoms with Crippen molar-refractivity contribution in [1.29, 1.82) is 0 Å². The Labute approximate surface area is 113 Å². The molecule has 0 atom stereocenters. The van der Waals surface area contributed by atoms with Crippen LogP contribution >= 0.6 is 0 Å². The second kappa shape index (κ2) is 5.83. The number of pyridine rings is 1. The van der Waals surface area contributed by atoms with Crippen LogP contribution in [0, 0.1) is 6.92 Å². The highest BCUT2D eigenvalue weighted by Crippen LogP contribution is 2.21. The van der Waals surface area contributed by atoms with E-state index >= 15 is 0 Å². The molecule has 100 valence electrons. The molecular weight excluding hydrogens is 238 g/mol. The minimum Gasteiger partial charge on any atom is -0.469 e. The van der Waals surface area contributed by atoms with Gasteiger partial charge in [-0.1, -0.05) is 13.0 Å². The van der Waals surface area contributed by atoms with Gasteiger partial charge in [0.1, 0.15) is 0 Å². The molecule has 0 aliphatic carbocycles. The summed E-state index contributed by atoms with van der Waals surface area (Å²) < 4.78 is 4.70. The van der Waals surface area contributed by atoms with Crippen molar-refractivity contribution >= 4 is 16.9 Å². The monoisotopic (exact) mass is 257 g/mol. The van der Waals surface area contributed by atoms with Crippen LogP contribution in [0.3, 0.4) is 0 Å². The van der Waals surface area contributed by atoms with E-state index in [-0.39, 0.29) is 5.97 Å². The van der Waals surface area contributed by atoms with E-state index in [0.717, 1.165) is 23.0 Å². The maximum absolute atomic E-state index is 11.3. The van der Waals surface area contributed by atoms with Crippen LogP contribution in [0.2, 0.25) is 0 Å². The van der Waals surface area contributed by atoms with Crippen LogP contribution in [0.1, 0.15) is 30.2 Å². The molecule has 0 N–H and O–H groups in total. The van der Waals surface area contributed by atoms with Gasteiger partial charge in [-0.15, -0.1) is 0 Å². The van der Waals surface area contributed by atoms with E-state index in [2.05, 4.69) is 36.2 Å². The zero-order chi connectivity index (χ0) is 13.8. The summed E-state index contributed by atoms with van der Waals surface area (Å²) in [5.74, 6) is -0.172. The summed E-state index contributed by atoms with van der Waals surface area (Å²) in [6.07, 6.45) is 2.10. The minimum absolute atomic E-state index is 0.172. The smallest absolute Gasteiger partial charge is 0.305 e. The number of fused-ring (bicyclic) bond motifs is 1. The third-order valence-electron chi connectivity index (χ3n) is 3.32. The van der Waals surface area contributed by atoms with Crippen LogP contribution in [-0.2, 0) is 22.4 Å². The van der Waals surface area contributed by atoms with Crippen LogP contribution in [0.5, 0.6) is 0 Å². The number of hydrogen-bond acceptors (Lipinski definition) is 3. The summed E-state index contributed by atoms with van der Waals surface area (Å²) in [7, 11) is 1.42. The van der Waals surface area contributed by atoms with Crippen molar-refractivity contribution in [2.45, 2.75) is 33.1 Å². The van der Waals surface area contributed by atoms with E-state index in [1.165, 1.54) is 18.2 Å². The number of aryl methyl sites for hydroxylation is 3. The lowest BCUT2D eigenvalue weighted by Crippen LogP contribution is -2.03. The van der Waals surface area contributed by atoms with Gasteiger partial charge in [0.2, 0.25) is 0 Å². The van der Waals surface area contributed by atoms with Gasteiger partial charge in [0.05, 0.1) is 12.6 Å². The lowest BCUT2D eigenvalue weighted by Gasteiger charge is -2.09. The number of hydrogen-bond donors (Lipinski definition) is 0. The van der Waals surface area contributed by atoms with Gasteiger partial charge in [-0.2, -0.15) is 0 Å². The molecule has 0 bridgehead atoms. The predicted octanol–water partition coefficient (Wildman–Crippen LogP) is 3.21. The van der Waals surface area contributed by atoms with E-state index in [9.17, 15) is 4.79 Å². The number of esters is 1. The fraction of sp³-hybridized carbons (Fsp3) is 0.375. The number of rotatable bonds is 4. The van der Waals surface area contributed by atoms with E-state index < -0.39 is 0 Å². The number of nitrogens with zero attached hydrogens (tertiary/aromatic N) is 1. The van der Waals surface area contributed by atoms with Gasteiger partial charge < -0.3 is 4.74 Å². The average Bonchev–Trinajstić information content (AvgIpc) is 2.43. The normalized spacial score (nSPS) is 10.7. The van der Waals surface area contributed by atoms with Crippen LogP contribution in [0.15, 0.2) is 24.3 Å². The van der Waals surface area contributed by atoms with Gasteiger partial charge in [0, 0.05) is 17.5 Å². The maximum atomic E-state index is 11.3. The summed E-state index contributed by atoms with van der Waals surface area (Å²) in [4.78, 5) is 15.8. The highest BCUT2D eigenvalue weighted by atomic mass is 16.5. The molecule has 0 aliphatic rings. The average molecular weight is 257 g/mol. The van der Waals surface area contributed by atoms with Crippen LogP contribution in [0.25, 0.3) is 10.9 Å². The largest absolute Gasteiger partial charge is 0.469 e. The molecule has 3 heteroatoms. The third kappa shape index (κ3) is 3.11. The molecule has 19 heavy (non-hydrogen) atoms. The molecule has 0 fully saturated rings. The van der Waals surface area contributed by atoms with Gasteiger partial charge in [-0.3, -0.25) is 9.78 Å². The Morgan fingerprint density at radius 2 is 2.11 bits per heavy atom. The number of aromatic nitrogens is 1. The van der Waals surface area contributed by atoms with Crippen LogP contribution < -0.4 is 0 Å². The third-order valence-corrected chi connectivity index (χ3v) is 3.32. The minimum atomic E-state index is -0.172. The topological polar surface area (TPSA) is 39.2 Å². The van der Waals surface area contributed by atoms with Crippen LogP contribution in [0.4, 0.5) is 0 Å². The Balaban J connectivity index is 2.42. The molecule has 0 radical (unpaired) electrons.